The Bertz CT molecular complexity index is 757. The number of rotatable bonds is 6. The van der Waals surface area contributed by atoms with E-state index >= 15 is 0 Å². The first-order valence-electron chi connectivity index (χ1n) is 9.22. The van der Waals surface area contributed by atoms with Crippen molar-refractivity contribution < 1.29 is 22.7 Å². The number of amides is 1. The first-order chi connectivity index (χ1) is 13.4. The van der Waals surface area contributed by atoms with Gasteiger partial charge in [-0.15, -0.1) is 0 Å². The maximum Gasteiger partial charge on any atom is 0.416 e. The first-order valence-corrected chi connectivity index (χ1v) is 9.22. The van der Waals surface area contributed by atoms with E-state index in [4.69, 9.17) is 4.74 Å². The van der Waals surface area contributed by atoms with Crippen LogP contribution in [0, 0.1) is 0 Å². The molecule has 2 aromatic rings. The van der Waals surface area contributed by atoms with E-state index in [0.29, 0.717) is 25.3 Å². The molecule has 7 heteroatoms. The molecule has 0 unspecified atom stereocenters. The topological polar surface area (TPSA) is 41.6 Å². The molecule has 1 N–H and O–H groups in total. The van der Waals surface area contributed by atoms with Crippen molar-refractivity contribution >= 4 is 5.91 Å². The molecule has 3 rings (SSSR count). The highest BCUT2D eigenvalue weighted by Gasteiger charge is 2.30. The number of carbonyl (C=O) groups is 1. The minimum absolute atomic E-state index is 0.0323. The van der Waals surface area contributed by atoms with Crippen LogP contribution < -0.4 is 5.32 Å². The van der Waals surface area contributed by atoms with Gasteiger partial charge in [0.2, 0.25) is 5.91 Å². The highest BCUT2D eigenvalue weighted by Crippen LogP contribution is 2.29. The van der Waals surface area contributed by atoms with Crippen LogP contribution in [0.3, 0.4) is 0 Å². The van der Waals surface area contributed by atoms with Crippen LogP contribution in [0.4, 0.5) is 13.2 Å². The second-order valence-electron chi connectivity index (χ2n) is 6.82. The van der Waals surface area contributed by atoms with Crippen LogP contribution in [0.15, 0.2) is 54.6 Å². The second-order valence-corrected chi connectivity index (χ2v) is 6.82. The number of alkyl halides is 3. The molecule has 1 fully saturated rings. The molecule has 0 aliphatic carbocycles. The molecule has 1 aliphatic rings. The number of carbonyl (C=O) groups excluding carboxylic acids is 1. The molecule has 4 nitrogen and oxygen atoms in total. The molecule has 0 spiro atoms. The number of hydrogen-bond acceptors (Lipinski definition) is 3. The lowest BCUT2D eigenvalue weighted by molar-refractivity contribution is -0.137. The number of ether oxygens (including phenoxy) is 1. The zero-order chi connectivity index (χ0) is 20.0. The molecule has 1 heterocycles. The second kappa shape index (κ2) is 9.21. The summed E-state index contributed by atoms with van der Waals surface area (Å²) in [7, 11) is 0. The van der Waals surface area contributed by atoms with Gasteiger partial charge in [-0.3, -0.25) is 9.69 Å². The lowest BCUT2D eigenvalue weighted by Crippen LogP contribution is -2.43. The fourth-order valence-corrected chi connectivity index (χ4v) is 3.20. The zero-order valence-electron chi connectivity index (χ0n) is 15.4. The third-order valence-electron chi connectivity index (χ3n) is 4.73. The van der Waals surface area contributed by atoms with Crippen LogP contribution in [-0.2, 0) is 22.1 Å². The average Bonchev–Trinajstić information content (AvgIpc) is 2.69. The van der Waals surface area contributed by atoms with Gasteiger partial charge in [0, 0.05) is 19.6 Å². The zero-order valence-corrected chi connectivity index (χ0v) is 15.4. The number of hydrogen-bond donors (Lipinski definition) is 1. The Morgan fingerprint density at radius 3 is 2.29 bits per heavy atom. The van der Waals surface area contributed by atoms with Crippen LogP contribution in [-0.4, -0.2) is 43.7 Å². The Morgan fingerprint density at radius 2 is 1.68 bits per heavy atom. The number of benzene rings is 2. The van der Waals surface area contributed by atoms with Crippen LogP contribution in [0.25, 0.3) is 0 Å². The molecule has 1 saturated heterocycles. The fourth-order valence-electron chi connectivity index (χ4n) is 3.20. The monoisotopic (exact) mass is 392 g/mol. The summed E-state index contributed by atoms with van der Waals surface area (Å²) in [6.45, 7) is 3.60. The highest BCUT2D eigenvalue weighted by molar-refractivity contribution is 5.79. The SMILES string of the molecule is O=C(Cc1ccc(C(F)(F)F)cc1)N[C@H](CN1CCOCC1)c1ccccc1. The van der Waals surface area contributed by atoms with Gasteiger partial charge in [-0.25, -0.2) is 0 Å². The van der Waals surface area contributed by atoms with Gasteiger partial charge in [-0.1, -0.05) is 42.5 Å². The minimum Gasteiger partial charge on any atom is -0.379 e. The molecule has 1 amide bonds. The summed E-state index contributed by atoms with van der Waals surface area (Å²) in [6, 6.07) is 14.2. The summed E-state index contributed by atoms with van der Waals surface area (Å²) < 4.78 is 43.4. The first kappa shape index (κ1) is 20.4. The summed E-state index contributed by atoms with van der Waals surface area (Å²) in [5.41, 5.74) is 0.824. The van der Waals surface area contributed by atoms with Gasteiger partial charge in [-0.2, -0.15) is 13.2 Å². The molecule has 28 heavy (non-hydrogen) atoms. The molecule has 1 aliphatic heterocycles. The predicted octanol–water partition coefficient (Wildman–Crippen LogP) is 3.44. The Morgan fingerprint density at radius 1 is 1.04 bits per heavy atom. The molecule has 2 aromatic carbocycles. The number of nitrogens with zero attached hydrogens (tertiary/aromatic N) is 1. The molecular weight excluding hydrogens is 369 g/mol. The van der Waals surface area contributed by atoms with Gasteiger partial charge >= 0.3 is 6.18 Å². The van der Waals surface area contributed by atoms with Crippen molar-refractivity contribution in [3.05, 3.63) is 71.3 Å². The molecule has 0 saturated carbocycles. The van der Waals surface area contributed by atoms with Crippen molar-refractivity contribution in [1.82, 2.24) is 10.2 Å². The summed E-state index contributed by atoms with van der Waals surface area (Å²) in [5, 5.41) is 3.03. The van der Waals surface area contributed by atoms with Crippen molar-refractivity contribution in [3.8, 4) is 0 Å². The number of halogens is 3. The van der Waals surface area contributed by atoms with Crippen molar-refractivity contribution in [2.45, 2.75) is 18.6 Å². The highest BCUT2D eigenvalue weighted by atomic mass is 19.4. The summed E-state index contributed by atoms with van der Waals surface area (Å²) in [4.78, 5) is 14.8. The third-order valence-corrected chi connectivity index (χ3v) is 4.73. The van der Waals surface area contributed by atoms with Gasteiger partial charge in [0.25, 0.3) is 0 Å². The van der Waals surface area contributed by atoms with E-state index in [-0.39, 0.29) is 18.4 Å². The predicted molar refractivity (Wildman–Crippen MR) is 99.7 cm³/mol. The Kier molecular flexibility index (Phi) is 6.70. The van der Waals surface area contributed by atoms with Crippen molar-refractivity contribution in [2.75, 3.05) is 32.8 Å². The van der Waals surface area contributed by atoms with E-state index < -0.39 is 11.7 Å². The quantitative estimate of drug-likeness (QED) is 0.819. The van der Waals surface area contributed by atoms with E-state index in [2.05, 4.69) is 10.2 Å². The summed E-state index contributed by atoms with van der Waals surface area (Å²) in [5.74, 6) is -0.220. The van der Waals surface area contributed by atoms with Crippen LogP contribution in [0.2, 0.25) is 0 Å². The van der Waals surface area contributed by atoms with Gasteiger partial charge in [0.1, 0.15) is 0 Å². The number of nitrogens with one attached hydrogen (secondary N) is 1. The van der Waals surface area contributed by atoms with Crippen LogP contribution in [0.1, 0.15) is 22.7 Å². The van der Waals surface area contributed by atoms with Crippen LogP contribution in [0.5, 0.6) is 0 Å². The lowest BCUT2D eigenvalue weighted by Gasteiger charge is -2.31. The maximum absolute atomic E-state index is 12.7. The molecule has 1 atom stereocenters. The number of morpholine rings is 1. The van der Waals surface area contributed by atoms with E-state index in [1.807, 2.05) is 30.3 Å². The normalized spacial score (nSPS) is 16.5. The third kappa shape index (κ3) is 5.81. The fraction of sp³-hybridized carbons (Fsp3) is 0.381. The van der Waals surface area contributed by atoms with Gasteiger partial charge < -0.3 is 10.1 Å². The van der Waals surface area contributed by atoms with E-state index in [0.717, 1.165) is 30.8 Å². The van der Waals surface area contributed by atoms with Gasteiger partial charge in [0.05, 0.1) is 31.2 Å². The van der Waals surface area contributed by atoms with E-state index in [1.165, 1.54) is 12.1 Å². The van der Waals surface area contributed by atoms with E-state index in [9.17, 15) is 18.0 Å². The van der Waals surface area contributed by atoms with Crippen LogP contribution >= 0.6 is 0 Å². The molecule has 0 radical (unpaired) electrons. The molecule has 0 aromatic heterocycles. The molecule has 0 bridgehead atoms. The molecular formula is C21H23F3N2O2. The van der Waals surface area contributed by atoms with E-state index in [1.54, 1.807) is 0 Å². The Hall–Kier alpha value is -2.38. The van der Waals surface area contributed by atoms with Gasteiger partial charge in [0.15, 0.2) is 0 Å². The van der Waals surface area contributed by atoms with Crippen molar-refractivity contribution in [2.24, 2.45) is 0 Å². The molecule has 150 valence electrons. The lowest BCUT2D eigenvalue weighted by atomic mass is 10.0. The summed E-state index contributed by atoms with van der Waals surface area (Å²) >= 11 is 0. The summed E-state index contributed by atoms with van der Waals surface area (Å²) in [6.07, 6.45) is -4.35. The van der Waals surface area contributed by atoms with Crippen molar-refractivity contribution in [3.63, 3.8) is 0 Å². The maximum atomic E-state index is 12.7. The Labute approximate surface area is 162 Å². The van der Waals surface area contributed by atoms with Crippen molar-refractivity contribution in [1.29, 1.82) is 0 Å². The van der Waals surface area contributed by atoms with Gasteiger partial charge in [-0.05, 0) is 23.3 Å². The largest absolute Gasteiger partial charge is 0.416 e. The average molecular weight is 392 g/mol. The minimum atomic E-state index is -4.38. The standard InChI is InChI=1S/C21H23F3N2O2/c22-21(23,24)18-8-6-16(7-9-18)14-20(27)25-19(17-4-2-1-3-5-17)15-26-10-12-28-13-11-26/h1-9,19H,10-15H2,(H,25,27)/t19-/m1/s1. The Balaban J connectivity index is 1.65. The smallest absolute Gasteiger partial charge is 0.379 e.